The Kier molecular flexibility index (Phi) is 6.13. The van der Waals surface area contributed by atoms with Crippen LogP contribution >= 0.6 is 0 Å². The van der Waals surface area contributed by atoms with Gasteiger partial charge in [0.15, 0.2) is 0 Å². The summed E-state index contributed by atoms with van der Waals surface area (Å²) in [6.07, 6.45) is 5.78. The van der Waals surface area contributed by atoms with E-state index in [1.54, 1.807) is 37.2 Å². The summed E-state index contributed by atoms with van der Waals surface area (Å²) in [5, 5.41) is 12.9. The van der Waals surface area contributed by atoms with Gasteiger partial charge in [-0.3, -0.25) is 9.69 Å². The van der Waals surface area contributed by atoms with E-state index in [4.69, 9.17) is 0 Å². The Morgan fingerprint density at radius 1 is 1.26 bits per heavy atom. The normalized spacial score (nSPS) is 19.2. The molecule has 0 aliphatic heterocycles. The minimum Gasteiger partial charge on any atom is -0.394 e. The monoisotopic (exact) mass is 322 g/mol. The van der Waals surface area contributed by atoms with Gasteiger partial charge in [0.25, 0.3) is 0 Å². The minimum absolute atomic E-state index is 0.0733. The fourth-order valence-corrected chi connectivity index (χ4v) is 3.41. The molecule has 4 nitrogen and oxygen atoms in total. The Bertz CT molecular complexity index is 526. The Labute approximate surface area is 137 Å². The van der Waals surface area contributed by atoms with Crippen LogP contribution in [-0.4, -0.2) is 42.2 Å². The highest BCUT2D eigenvalue weighted by Gasteiger charge is 2.35. The number of rotatable bonds is 5. The molecule has 23 heavy (non-hydrogen) atoms. The highest BCUT2D eigenvalue weighted by atomic mass is 19.1. The topological polar surface area (TPSA) is 52.6 Å². The minimum atomic E-state index is -0.706. The van der Waals surface area contributed by atoms with Crippen molar-refractivity contribution in [2.24, 2.45) is 0 Å². The first-order valence-corrected chi connectivity index (χ1v) is 8.33. The summed E-state index contributed by atoms with van der Waals surface area (Å²) in [7, 11) is 3.52. The van der Waals surface area contributed by atoms with Crippen molar-refractivity contribution >= 4 is 5.91 Å². The number of nitrogens with one attached hydrogen (secondary N) is 1. The largest absolute Gasteiger partial charge is 0.394 e. The van der Waals surface area contributed by atoms with Crippen molar-refractivity contribution in [1.82, 2.24) is 10.2 Å². The number of carbonyl (C=O) groups excluding carboxylic acids is 1. The average Bonchev–Trinajstić information content (AvgIpc) is 2.75. The van der Waals surface area contributed by atoms with Crippen molar-refractivity contribution in [2.75, 3.05) is 20.7 Å². The van der Waals surface area contributed by atoms with E-state index in [9.17, 15) is 14.3 Å². The molecule has 1 aliphatic rings. The van der Waals surface area contributed by atoms with E-state index in [2.05, 4.69) is 5.32 Å². The van der Waals surface area contributed by atoms with E-state index in [1.165, 1.54) is 6.07 Å². The molecule has 0 bridgehead atoms. The first-order chi connectivity index (χ1) is 11.0. The lowest BCUT2D eigenvalue weighted by molar-refractivity contribution is -0.128. The van der Waals surface area contributed by atoms with Crippen LogP contribution in [0.3, 0.4) is 0 Å². The number of hydrogen-bond acceptors (Lipinski definition) is 3. The second kappa shape index (κ2) is 7.88. The highest BCUT2D eigenvalue weighted by molar-refractivity contribution is 5.84. The van der Waals surface area contributed by atoms with Gasteiger partial charge in [0.2, 0.25) is 5.91 Å². The second-order valence-corrected chi connectivity index (χ2v) is 6.73. The molecule has 128 valence electrons. The molecule has 0 aromatic heterocycles. The number of aliphatic hydroxyl groups is 1. The summed E-state index contributed by atoms with van der Waals surface area (Å²) >= 11 is 0. The summed E-state index contributed by atoms with van der Waals surface area (Å²) in [6, 6.07) is 5.65. The van der Waals surface area contributed by atoms with E-state index >= 15 is 0 Å². The Balaban J connectivity index is 2.22. The molecule has 1 saturated carbocycles. The lowest BCUT2D eigenvalue weighted by Crippen LogP contribution is -2.54. The van der Waals surface area contributed by atoms with Crippen LogP contribution in [0.1, 0.15) is 50.1 Å². The number of amides is 1. The van der Waals surface area contributed by atoms with E-state index in [0.717, 1.165) is 38.5 Å². The molecular weight excluding hydrogens is 295 g/mol. The highest BCUT2D eigenvalue weighted by Crippen LogP contribution is 2.29. The number of hydrogen-bond donors (Lipinski definition) is 2. The van der Waals surface area contributed by atoms with Crippen LogP contribution < -0.4 is 5.32 Å². The van der Waals surface area contributed by atoms with E-state index in [-0.39, 0.29) is 18.3 Å². The van der Waals surface area contributed by atoms with Crippen LogP contribution in [0.15, 0.2) is 24.3 Å². The summed E-state index contributed by atoms with van der Waals surface area (Å²) in [5.41, 5.74) is -0.218. The van der Waals surface area contributed by atoms with E-state index in [1.807, 2.05) is 0 Å². The first kappa shape index (κ1) is 17.9. The van der Waals surface area contributed by atoms with Crippen LogP contribution in [0.4, 0.5) is 4.39 Å². The number of aliphatic hydroxyl groups excluding tert-OH is 1. The maximum atomic E-state index is 14.1. The third-order valence-corrected chi connectivity index (χ3v) is 4.72. The quantitative estimate of drug-likeness (QED) is 0.820. The van der Waals surface area contributed by atoms with E-state index in [0.29, 0.717) is 5.56 Å². The van der Waals surface area contributed by atoms with Gasteiger partial charge in [-0.2, -0.15) is 0 Å². The number of carbonyl (C=O) groups is 1. The molecule has 1 fully saturated rings. The molecule has 0 radical (unpaired) electrons. The zero-order valence-corrected chi connectivity index (χ0v) is 14.0. The molecule has 5 heteroatoms. The van der Waals surface area contributed by atoms with Gasteiger partial charge in [-0.15, -0.1) is 0 Å². The average molecular weight is 322 g/mol. The third-order valence-electron chi connectivity index (χ3n) is 4.72. The number of benzene rings is 1. The molecule has 1 amide bonds. The fourth-order valence-electron chi connectivity index (χ4n) is 3.41. The van der Waals surface area contributed by atoms with Crippen molar-refractivity contribution in [1.29, 1.82) is 0 Å². The number of likely N-dealkylation sites (N-methyl/N-ethyl adjacent to an activating group) is 1. The van der Waals surface area contributed by atoms with Crippen LogP contribution in [0.5, 0.6) is 0 Å². The molecule has 1 aliphatic carbocycles. The van der Waals surface area contributed by atoms with Crippen LogP contribution in [0.25, 0.3) is 0 Å². The second-order valence-electron chi connectivity index (χ2n) is 6.73. The van der Waals surface area contributed by atoms with Crippen molar-refractivity contribution in [3.8, 4) is 0 Å². The number of halogens is 1. The maximum absolute atomic E-state index is 14.1. The first-order valence-electron chi connectivity index (χ1n) is 8.33. The Hall–Kier alpha value is -1.46. The third kappa shape index (κ3) is 4.30. The molecule has 2 N–H and O–H groups in total. The molecular formula is C18H27FN2O2. The molecule has 1 atom stereocenters. The number of nitrogens with zero attached hydrogens (tertiary/aromatic N) is 1. The van der Waals surface area contributed by atoms with Gasteiger partial charge in [0.1, 0.15) is 11.9 Å². The van der Waals surface area contributed by atoms with Gasteiger partial charge in [-0.05, 0) is 33.0 Å². The van der Waals surface area contributed by atoms with Crippen LogP contribution in [0.2, 0.25) is 0 Å². The predicted molar refractivity (Wildman–Crippen MR) is 88.5 cm³/mol. The zero-order chi connectivity index (χ0) is 16.9. The Morgan fingerprint density at radius 3 is 2.39 bits per heavy atom. The van der Waals surface area contributed by atoms with Crippen LogP contribution in [0, 0.1) is 5.82 Å². The smallest absolute Gasteiger partial charge is 0.242 e. The van der Waals surface area contributed by atoms with Gasteiger partial charge in [-0.25, -0.2) is 4.39 Å². The SMILES string of the molecule is CN(C)C(C(=O)NC1(CO)CCCCCC1)c1ccccc1F. The summed E-state index contributed by atoms with van der Waals surface area (Å²) in [5.74, 6) is -0.642. The summed E-state index contributed by atoms with van der Waals surface area (Å²) in [6.45, 7) is -0.0733. The van der Waals surface area contributed by atoms with Crippen molar-refractivity contribution in [3.05, 3.63) is 35.6 Å². The molecule has 0 saturated heterocycles. The van der Waals surface area contributed by atoms with Crippen molar-refractivity contribution in [3.63, 3.8) is 0 Å². The molecule has 2 rings (SSSR count). The standard InChI is InChI=1S/C18H27FN2O2/c1-21(2)16(14-9-5-6-10-15(14)19)17(23)20-18(13-22)11-7-3-4-8-12-18/h5-6,9-10,16,22H,3-4,7-8,11-13H2,1-2H3,(H,20,23). The molecule has 1 aromatic rings. The van der Waals surface area contributed by atoms with Gasteiger partial charge in [0, 0.05) is 5.56 Å². The van der Waals surface area contributed by atoms with Crippen molar-refractivity contribution in [2.45, 2.75) is 50.1 Å². The lowest BCUT2D eigenvalue weighted by atomic mass is 9.90. The molecule has 1 aromatic carbocycles. The zero-order valence-electron chi connectivity index (χ0n) is 14.0. The van der Waals surface area contributed by atoms with E-state index < -0.39 is 11.6 Å². The Morgan fingerprint density at radius 2 is 1.87 bits per heavy atom. The summed E-state index contributed by atoms with van der Waals surface area (Å²) < 4.78 is 14.1. The summed E-state index contributed by atoms with van der Waals surface area (Å²) in [4.78, 5) is 14.6. The fraction of sp³-hybridized carbons (Fsp3) is 0.611. The van der Waals surface area contributed by atoms with Crippen molar-refractivity contribution < 1.29 is 14.3 Å². The predicted octanol–water partition coefficient (Wildman–Crippen LogP) is 2.63. The van der Waals surface area contributed by atoms with Gasteiger partial charge in [-0.1, -0.05) is 43.9 Å². The van der Waals surface area contributed by atoms with Gasteiger partial charge >= 0.3 is 0 Å². The molecule has 0 heterocycles. The van der Waals surface area contributed by atoms with Gasteiger partial charge < -0.3 is 10.4 Å². The van der Waals surface area contributed by atoms with Crippen LogP contribution in [-0.2, 0) is 4.79 Å². The molecule has 0 spiro atoms. The lowest BCUT2D eigenvalue weighted by Gasteiger charge is -2.35. The maximum Gasteiger partial charge on any atom is 0.242 e. The van der Waals surface area contributed by atoms with Gasteiger partial charge in [0.05, 0.1) is 12.1 Å². The molecule has 1 unspecified atom stereocenters.